The summed E-state index contributed by atoms with van der Waals surface area (Å²) < 4.78 is 24.4. The minimum Gasteiger partial charge on any atom is -0.250 e. The second kappa shape index (κ2) is 4.10. The normalized spacial score (nSPS) is 21.6. The van der Waals surface area contributed by atoms with Gasteiger partial charge in [0.1, 0.15) is 0 Å². The van der Waals surface area contributed by atoms with Crippen LogP contribution in [-0.2, 0) is 10.0 Å². The van der Waals surface area contributed by atoms with Crippen molar-refractivity contribution in [2.24, 2.45) is 10.6 Å². The Morgan fingerprint density at radius 2 is 2.00 bits per heavy atom. The fraction of sp³-hybridized carbons (Fsp3) is 0.727. The van der Waals surface area contributed by atoms with Crippen molar-refractivity contribution >= 4 is 10.0 Å². The van der Waals surface area contributed by atoms with Crippen LogP contribution in [0.1, 0.15) is 45.6 Å². The van der Waals surface area contributed by atoms with Crippen molar-refractivity contribution in [1.82, 2.24) is 9.78 Å². The minimum absolute atomic E-state index is 0.127. The maximum atomic E-state index is 11.4. The fourth-order valence-corrected chi connectivity index (χ4v) is 3.14. The van der Waals surface area contributed by atoms with Crippen molar-refractivity contribution < 1.29 is 8.42 Å². The van der Waals surface area contributed by atoms with Gasteiger partial charge in [0, 0.05) is 0 Å². The lowest BCUT2D eigenvalue weighted by Gasteiger charge is -2.34. The molecule has 0 spiro atoms. The predicted molar refractivity (Wildman–Crippen MR) is 64.9 cm³/mol. The molecule has 1 fully saturated rings. The molecule has 1 aliphatic carbocycles. The molecule has 0 bridgehead atoms. The van der Waals surface area contributed by atoms with Crippen LogP contribution in [0.4, 0.5) is 0 Å². The highest BCUT2D eigenvalue weighted by molar-refractivity contribution is 7.89. The standard InChI is InChI=1S/C11H19N3O2S/c1-11(2)6-3-9(4-7-11)14-10(5-8-13-14)17(12,15)16/h5,8-9H,3-4,6-7H2,1-2H3,(H2,12,15,16). The summed E-state index contributed by atoms with van der Waals surface area (Å²) in [5.41, 5.74) is 0.353. The van der Waals surface area contributed by atoms with Gasteiger partial charge in [0.15, 0.2) is 5.03 Å². The van der Waals surface area contributed by atoms with E-state index in [1.807, 2.05) is 0 Å². The van der Waals surface area contributed by atoms with Gasteiger partial charge >= 0.3 is 0 Å². The molecule has 1 aromatic heterocycles. The summed E-state index contributed by atoms with van der Waals surface area (Å²) >= 11 is 0. The molecule has 2 N–H and O–H groups in total. The van der Waals surface area contributed by atoms with E-state index in [4.69, 9.17) is 5.14 Å². The Balaban J connectivity index is 2.23. The molecule has 0 amide bonds. The van der Waals surface area contributed by atoms with Crippen molar-refractivity contribution in [3.05, 3.63) is 12.3 Å². The van der Waals surface area contributed by atoms with Gasteiger partial charge in [-0.15, -0.1) is 0 Å². The third-order valence-corrected chi connectivity index (χ3v) is 4.49. The highest BCUT2D eigenvalue weighted by Gasteiger charge is 2.30. The van der Waals surface area contributed by atoms with Gasteiger partial charge in [-0.1, -0.05) is 13.8 Å². The molecule has 1 saturated carbocycles. The lowest BCUT2D eigenvalue weighted by Crippen LogP contribution is -2.27. The summed E-state index contributed by atoms with van der Waals surface area (Å²) in [5.74, 6) is 0. The van der Waals surface area contributed by atoms with Crippen LogP contribution in [0.15, 0.2) is 17.3 Å². The maximum absolute atomic E-state index is 11.4. The van der Waals surface area contributed by atoms with E-state index in [1.165, 1.54) is 12.3 Å². The molecule has 0 unspecified atom stereocenters. The average molecular weight is 257 g/mol. The number of aromatic nitrogens is 2. The molecule has 0 saturated heterocycles. The zero-order valence-corrected chi connectivity index (χ0v) is 11.1. The molecule has 0 atom stereocenters. The van der Waals surface area contributed by atoms with Crippen LogP contribution < -0.4 is 5.14 Å². The maximum Gasteiger partial charge on any atom is 0.255 e. The van der Waals surface area contributed by atoms with E-state index in [2.05, 4.69) is 18.9 Å². The summed E-state index contributed by atoms with van der Waals surface area (Å²) in [5, 5.41) is 9.41. The third-order valence-electron chi connectivity index (χ3n) is 3.58. The summed E-state index contributed by atoms with van der Waals surface area (Å²) in [6.07, 6.45) is 5.58. The summed E-state index contributed by atoms with van der Waals surface area (Å²) in [7, 11) is -3.67. The van der Waals surface area contributed by atoms with E-state index in [1.54, 1.807) is 4.68 Å². The second-order valence-electron chi connectivity index (χ2n) is 5.55. The molecular formula is C11H19N3O2S. The van der Waals surface area contributed by atoms with Crippen molar-refractivity contribution in [1.29, 1.82) is 0 Å². The summed E-state index contributed by atoms with van der Waals surface area (Å²) in [6, 6.07) is 1.63. The van der Waals surface area contributed by atoms with Crippen LogP contribution in [0, 0.1) is 5.41 Å². The molecule has 0 aromatic carbocycles. The zero-order valence-electron chi connectivity index (χ0n) is 10.3. The summed E-state index contributed by atoms with van der Waals surface area (Å²) in [4.78, 5) is 0. The van der Waals surface area contributed by atoms with Gasteiger partial charge in [0.25, 0.3) is 10.0 Å². The Hall–Kier alpha value is -0.880. The topological polar surface area (TPSA) is 78.0 Å². The zero-order chi connectivity index (χ0) is 12.7. The Morgan fingerprint density at radius 1 is 1.41 bits per heavy atom. The number of nitrogens with zero attached hydrogens (tertiary/aromatic N) is 2. The SMILES string of the molecule is CC1(C)CCC(n2nccc2S(N)(=O)=O)CC1. The van der Waals surface area contributed by atoms with Crippen molar-refractivity contribution in [3.63, 3.8) is 0 Å². The molecule has 6 heteroatoms. The van der Waals surface area contributed by atoms with Gasteiger partial charge in [0.2, 0.25) is 0 Å². The first kappa shape index (κ1) is 12.6. The van der Waals surface area contributed by atoms with E-state index >= 15 is 0 Å². The number of nitrogens with two attached hydrogens (primary N) is 1. The van der Waals surface area contributed by atoms with Gasteiger partial charge in [-0.3, -0.25) is 0 Å². The van der Waals surface area contributed by atoms with Crippen LogP contribution in [0.2, 0.25) is 0 Å². The van der Waals surface area contributed by atoms with Crippen LogP contribution >= 0.6 is 0 Å². The van der Waals surface area contributed by atoms with Gasteiger partial charge in [-0.25, -0.2) is 18.2 Å². The number of hydrogen-bond acceptors (Lipinski definition) is 3. The molecule has 96 valence electrons. The van der Waals surface area contributed by atoms with Crippen molar-refractivity contribution in [2.75, 3.05) is 0 Å². The smallest absolute Gasteiger partial charge is 0.250 e. The molecule has 17 heavy (non-hydrogen) atoms. The van der Waals surface area contributed by atoms with Crippen LogP contribution in [0.5, 0.6) is 0 Å². The molecule has 2 rings (SSSR count). The lowest BCUT2D eigenvalue weighted by atomic mass is 9.76. The van der Waals surface area contributed by atoms with E-state index in [-0.39, 0.29) is 11.1 Å². The molecule has 1 heterocycles. The minimum atomic E-state index is -3.67. The van der Waals surface area contributed by atoms with Gasteiger partial charge in [-0.05, 0) is 37.2 Å². The lowest BCUT2D eigenvalue weighted by molar-refractivity contribution is 0.180. The Morgan fingerprint density at radius 3 is 2.53 bits per heavy atom. The molecule has 1 aromatic rings. The number of rotatable bonds is 2. The Bertz CT molecular complexity index is 495. The van der Waals surface area contributed by atoms with E-state index in [9.17, 15) is 8.42 Å². The van der Waals surface area contributed by atoms with E-state index < -0.39 is 10.0 Å². The van der Waals surface area contributed by atoms with Gasteiger partial charge < -0.3 is 0 Å². The van der Waals surface area contributed by atoms with Crippen LogP contribution in [0.25, 0.3) is 0 Å². The first-order chi connectivity index (χ1) is 7.80. The fourth-order valence-electron chi connectivity index (χ4n) is 2.43. The highest BCUT2D eigenvalue weighted by atomic mass is 32.2. The Labute approximate surface area is 102 Å². The average Bonchev–Trinajstić information content (AvgIpc) is 2.65. The van der Waals surface area contributed by atoms with E-state index in [0.29, 0.717) is 5.41 Å². The first-order valence-electron chi connectivity index (χ1n) is 5.86. The largest absolute Gasteiger partial charge is 0.255 e. The number of primary sulfonamides is 1. The molecule has 0 aliphatic heterocycles. The quantitative estimate of drug-likeness (QED) is 0.875. The molecule has 1 aliphatic rings. The highest BCUT2D eigenvalue weighted by Crippen LogP contribution is 2.40. The van der Waals surface area contributed by atoms with Gasteiger partial charge in [0.05, 0.1) is 12.2 Å². The van der Waals surface area contributed by atoms with Crippen LogP contribution in [0.3, 0.4) is 0 Å². The molecular weight excluding hydrogens is 238 g/mol. The van der Waals surface area contributed by atoms with Gasteiger partial charge in [-0.2, -0.15) is 5.10 Å². The van der Waals surface area contributed by atoms with Crippen LogP contribution in [-0.4, -0.2) is 18.2 Å². The number of sulfonamides is 1. The molecule has 0 radical (unpaired) electrons. The molecule has 5 nitrogen and oxygen atoms in total. The monoisotopic (exact) mass is 257 g/mol. The first-order valence-corrected chi connectivity index (χ1v) is 7.41. The summed E-state index contributed by atoms with van der Waals surface area (Å²) in [6.45, 7) is 4.49. The van der Waals surface area contributed by atoms with Crippen molar-refractivity contribution in [2.45, 2.75) is 50.6 Å². The van der Waals surface area contributed by atoms with Crippen molar-refractivity contribution in [3.8, 4) is 0 Å². The third kappa shape index (κ3) is 2.69. The predicted octanol–water partition coefficient (Wildman–Crippen LogP) is 1.67. The Kier molecular flexibility index (Phi) is 3.03. The van der Waals surface area contributed by atoms with E-state index in [0.717, 1.165) is 25.7 Å². The second-order valence-corrected chi connectivity index (χ2v) is 7.06. The number of hydrogen-bond donors (Lipinski definition) is 1.